The van der Waals surface area contributed by atoms with Gasteiger partial charge in [-0.2, -0.15) is 10.5 Å². The maximum absolute atomic E-state index is 11.2. The van der Waals surface area contributed by atoms with Crippen LogP contribution in [0.3, 0.4) is 0 Å². The van der Waals surface area contributed by atoms with Gasteiger partial charge < -0.3 is 10.1 Å². The van der Waals surface area contributed by atoms with Crippen LogP contribution in [0.5, 0.6) is 0 Å². The Morgan fingerprint density at radius 3 is 2.57 bits per heavy atom. The van der Waals surface area contributed by atoms with E-state index in [0.717, 1.165) is 0 Å². The van der Waals surface area contributed by atoms with Gasteiger partial charge >= 0.3 is 5.97 Å². The molecule has 1 amide bonds. The Hall–Kier alpha value is -0.840. The van der Waals surface area contributed by atoms with Crippen LogP contribution >= 0.6 is 10.5 Å². The van der Waals surface area contributed by atoms with Crippen molar-refractivity contribution in [3.63, 3.8) is 0 Å². The SMILES string of the molecule is C=S(C)C(C)CC(=O)NCC(=O)OC. The first-order valence-corrected chi connectivity index (χ1v) is 6.11. The van der Waals surface area contributed by atoms with E-state index in [2.05, 4.69) is 15.9 Å². The van der Waals surface area contributed by atoms with Gasteiger partial charge in [0.15, 0.2) is 0 Å². The first-order chi connectivity index (χ1) is 6.47. The zero-order chi connectivity index (χ0) is 11.1. The lowest BCUT2D eigenvalue weighted by Gasteiger charge is -2.11. The van der Waals surface area contributed by atoms with Crippen molar-refractivity contribution in [2.75, 3.05) is 19.9 Å². The summed E-state index contributed by atoms with van der Waals surface area (Å²) >= 11 is 0. The van der Waals surface area contributed by atoms with E-state index in [1.165, 1.54) is 7.11 Å². The van der Waals surface area contributed by atoms with Crippen molar-refractivity contribution in [1.29, 1.82) is 0 Å². The van der Waals surface area contributed by atoms with Crippen LogP contribution in [-0.4, -0.2) is 42.9 Å². The minimum Gasteiger partial charge on any atom is -0.468 e. The third-order valence-electron chi connectivity index (χ3n) is 1.82. The molecular formula is C9H17NO3S. The first-order valence-electron chi connectivity index (χ1n) is 4.25. The maximum Gasteiger partial charge on any atom is 0.325 e. The average Bonchev–Trinajstić information content (AvgIpc) is 2.13. The van der Waals surface area contributed by atoms with Crippen molar-refractivity contribution in [2.24, 2.45) is 0 Å². The normalized spacial score (nSPS) is 14.2. The second kappa shape index (κ2) is 6.59. The van der Waals surface area contributed by atoms with Crippen molar-refractivity contribution >= 4 is 28.2 Å². The highest BCUT2D eigenvalue weighted by Gasteiger charge is 2.10. The summed E-state index contributed by atoms with van der Waals surface area (Å²) in [5.41, 5.74) is 0. The van der Waals surface area contributed by atoms with E-state index in [9.17, 15) is 9.59 Å². The third kappa shape index (κ3) is 5.75. The van der Waals surface area contributed by atoms with Crippen molar-refractivity contribution in [3.05, 3.63) is 0 Å². The second-order valence-electron chi connectivity index (χ2n) is 3.06. The van der Waals surface area contributed by atoms with Crippen LogP contribution in [0, 0.1) is 0 Å². The predicted octanol–water partition coefficient (Wildman–Crippen LogP) is 0.385. The Morgan fingerprint density at radius 2 is 2.14 bits per heavy atom. The van der Waals surface area contributed by atoms with Gasteiger partial charge in [0.1, 0.15) is 6.54 Å². The molecule has 5 heteroatoms. The Bertz CT molecular complexity index is 240. The van der Waals surface area contributed by atoms with Crippen LogP contribution in [0.1, 0.15) is 13.3 Å². The molecule has 0 radical (unpaired) electrons. The Kier molecular flexibility index (Phi) is 6.19. The van der Waals surface area contributed by atoms with Crippen LogP contribution in [0.25, 0.3) is 0 Å². The van der Waals surface area contributed by atoms with Crippen LogP contribution < -0.4 is 5.32 Å². The summed E-state index contributed by atoms with van der Waals surface area (Å²) in [5.74, 6) is 3.29. The fourth-order valence-electron chi connectivity index (χ4n) is 0.718. The van der Waals surface area contributed by atoms with E-state index < -0.39 is 5.97 Å². The molecule has 0 aromatic carbocycles. The van der Waals surface area contributed by atoms with Crippen molar-refractivity contribution in [2.45, 2.75) is 18.6 Å². The van der Waals surface area contributed by atoms with E-state index in [1.807, 2.05) is 13.2 Å². The number of rotatable bonds is 5. The van der Waals surface area contributed by atoms with Gasteiger partial charge in [-0.25, -0.2) is 0 Å². The summed E-state index contributed by atoms with van der Waals surface area (Å²) in [7, 11) is 1.26. The third-order valence-corrected chi connectivity index (χ3v) is 3.36. The molecule has 14 heavy (non-hydrogen) atoms. The number of hydrogen-bond acceptors (Lipinski definition) is 3. The number of methoxy groups -OCH3 is 1. The molecule has 0 bridgehead atoms. The standard InChI is InChI=1S/C9H17NO3S/c1-7(14(3)4)5-8(11)10-6-9(12)13-2/h7H,3,5-6H2,1-2,4H3,(H,10,11). The van der Waals surface area contributed by atoms with Gasteiger partial charge in [-0.3, -0.25) is 9.59 Å². The van der Waals surface area contributed by atoms with Crippen LogP contribution in [0.15, 0.2) is 0 Å². The van der Waals surface area contributed by atoms with Gasteiger partial charge in [-0.15, -0.1) is 0 Å². The quantitative estimate of drug-likeness (QED) is 0.537. The molecule has 4 nitrogen and oxygen atoms in total. The lowest BCUT2D eigenvalue weighted by Crippen LogP contribution is -2.31. The topological polar surface area (TPSA) is 55.4 Å². The summed E-state index contributed by atoms with van der Waals surface area (Å²) in [6.45, 7) is 1.91. The second-order valence-corrected chi connectivity index (χ2v) is 5.25. The summed E-state index contributed by atoms with van der Waals surface area (Å²) in [6.07, 6.45) is 2.39. The van der Waals surface area contributed by atoms with Crippen molar-refractivity contribution in [1.82, 2.24) is 5.32 Å². The first kappa shape index (κ1) is 13.2. The molecule has 0 saturated heterocycles. The molecule has 0 aliphatic carbocycles. The molecule has 0 aromatic rings. The van der Waals surface area contributed by atoms with Crippen LogP contribution in [-0.2, 0) is 14.3 Å². The molecule has 2 unspecified atom stereocenters. The molecule has 0 aromatic heterocycles. The highest BCUT2D eigenvalue weighted by molar-refractivity contribution is 8.14. The lowest BCUT2D eigenvalue weighted by atomic mass is 10.3. The van der Waals surface area contributed by atoms with Crippen molar-refractivity contribution < 1.29 is 14.3 Å². The molecule has 0 rings (SSSR count). The van der Waals surface area contributed by atoms with Crippen LogP contribution in [0.4, 0.5) is 0 Å². The van der Waals surface area contributed by atoms with Crippen LogP contribution in [0.2, 0.25) is 0 Å². The summed E-state index contributed by atoms with van der Waals surface area (Å²) in [4.78, 5) is 21.9. The minimum absolute atomic E-state index is 0.0240. The molecule has 1 N–H and O–H groups in total. The Balaban J connectivity index is 3.76. The molecule has 0 aliphatic heterocycles. The molecule has 0 aliphatic rings. The Morgan fingerprint density at radius 1 is 1.57 bits per heavy atom. The van der Waals surface area contributed by atoms with Gasteiger partial charge in [0.05, 0.1) is 7.11 Å². The number of nitrogens with one attached hydrogen (secondary N) is 1. The van der Waals surface area contributed by atoms with E-state index in [4.69, 9.17) is 0 Å². The number of amides is 1. The van der Waals surface area contributed by atoms with Crippen molar-refractivity contribution in [3.8, 4) is 0 Å². The minimum atomic E-state index is -0.434. The fourth-order valence-corrected chi connectivity index (χ4v) is 1.15. The maximum atomic E-state index is 11.2. The molecule has 0 heterocycles. The van der Waals surface area contributed by atoms with E-state index >= 15 is 0 Å². The van der Waals surface area contributed by atoms with Gasteiger partial charge in [0.25, 0.3) is 0 Å². The average molecular weight is 219 g/mol. The molecule has 0 spiro atoms. The highest BCUT2D eigenvalue weighted by atomic mass is 32.2. The zero-order valence-corrected chi connectivity index (χ0v) is 9.65. The van der Waals surface area contributed by atoms with Gasteiger partial charge in [0, 0.05) is 11.7 Å². The van der Waals surface area contributed by atoms with Gasteiger partial charge in [0.2, 0.25) is 5.91 Å². The number of carbonyl (C=O) groups is 2. The Labute approximate surface area is 86.9 Å². The summed E-state index contributed by atoms with van der Waals surface area (Å²) in [5, 5.41) is 2.73. The van der Waals surface area contributed by atoms with E-state index in [1.54, 1.807) is 0 Å². The number of carbonyl (C=O) groups excluding carboxylic acids is 2. The summed E-state index contributed by atoms with van der Waals surface area (Å²) in [6, 6.07) is 0. The van der Waals surface area contributed by atoms with E-state index in [0.29, 0.717) is 6.42 Å². The fraction of sp³-hybridized carbons (Fsp3) is 0.667. The summed E-state index contributed by atoms with van der Waals surface area (Å²) < 4.78 is 4.39. The van der Waals surface area contributed by atoms with Gasteiger partial charge in [-0.1, -0.05) is 12.8 Å². The monoisotopic (exact) mass is 219 g/mol. The molecule has 2 atom stereocenters. The molecule has 0 saturated carbocycles. The van der Waals surface area contributed by atoms with E-state index in [-0.39, 0.29) is 28.2 Å². The zero-order valence-electron chi connectivity index (χ0n) is 8.83. The smallest absolute Gasteiger partial charge is 0.325 e. The molecule has 0 fully saturated rings. The lowest BCUT2D eigenvalue weighted by molar-refractivity contribution is -0.141. The molecule has 82 valence electrons. The number of ether oxygens (including phenoxy) is 1. The predicted molar refractivity (Wildman–Crippen MR) is 59.7 cm³/mol. The number of hydrogen-bond donors (Lipinski definition) is 1. The van der Waals surface area contributed by atoms with Gasteiger partial charge in [-0.05, 0) is 6.26 Å². The largest absolute Gasteiger partial charge is 0.468 e. The number of esters is 1. The molecular weight excluding hydrogens is 202 g/mol. The highest BCUT2D eigenvalue weighted by Crippen LogP contribution is 2.15.